The van der Waals surface area contributed by atoms with E-state index in [0.29, 0.717) is 48.6 Å². The van der Waals surface area contributed by atoms with E-state index in [4.69, 9.17) is 9.26 Å². The van der Waals surface area contributed by atoms with Crippen molar-refractivity contribution < 1.29 is 22.5 Å². The van der Waals surface area contributed by atoms with Crippen LogP contribution < -0.4 is 4.74 Å². The summed E-state index contributed by atoms with van der Waals surface area (Å²) in [5.41, 5.74) is 0.439. The number of nitrogens with zero attached hydrogens (tertiary/aromatic N) is 5. The summed E-state index contributed by atoms with van der Waals surface area (Å²) in [5, 5.41) is 3.94. The molecule has 0 atom stereocenters. The summed E-state index contributed by atoms with van der Waals surface area (Å²) in [7, 11) is -1.93. The maximum atomic E-state index is 12.5. The van der Waals surface area contributed by atoms with Crippen molar-refractivity contribution >= 4 is 15.9 Å². The largest absolute Gasteiger partial charge is 0.481 e. The average molecular weight is 421 g/mol. The summed E-state index contributed by atoms with van der Waals surface area (Å²) in [6.45, 7) is 0.911. The highest BCUT2D eigenvalue weighted by molar-refractivity contribution is 7.88. The van der Waals surface area contributed by atoms with Gasteiger partial charge < -0.3 is 14.2 Å². The van der Waals surface area contributed by atoms with Crippen molar-refractivity contribution in [3.8, 4) is 5.88 Å². The van der Waals surface area contributed by atoms with Crippen LogP contribution in [0.25, 0.3) is 0 Å². The fourth-order valence-electron chi connectivity index (χ4n) is 3.31. The standard InChI is InChI=1S/C18H23N5O5S/c1-27-16-6-5-13(9-19-16)18(24)22-10-14(11-22)23(29(2,25)26)8-7-15-20-17(28-21-15)12-3-4-12/h5-6,9,12,14H,3-4,7-8,10-11H2,1-2H3. The molecule has 29 heavy (non-hydrogen) atoms. The highest BCUT2D eigenvalue weighted by Gasteiger charge is 2.39. The number of ether oxygens (including phenoxy) is 1. The fourth-order valence-corrected chi connectivity index (χ4v) is 4.41. The number of carbonyl (C=O) groups excluding carboxylic acids is 1. The van der Waals surface area contributed by atoms with Gasteiger partial charge in [-0.2, -0.15) is 9.29 Å². The van der Waals surface area contributed by atoms with E-state index in [9.17, 15) is 13.2 Å². The molecule has 11 heteroatoms. The third kappa shape index (κ3) is 4.40. The SMILES string of the molecule is COc1ccc(C(=O)N2CC(N(CCc3noc(C4CC4)n3)S(C)(=O)=O)C2)cn1. The number of hydrogen-bond acceptors (Lipinski definition) is 8. The van der Waals surface area contributed by atoms with E-state index in [1.165, 1.54) is 23.9 Å². The van der Waals surface area contributed by atoms with E-state index >= 15 is 0 Å². The lowest BCUT2D eigenvalue weighted by Gasteiger charge is -2.44. The Balaban J connectivity index is 1.35. The van der Waals surface area contributed by atoms with Gasteiger partial charge in [-0.05, 0) is 18.9 Å². The number of amides is 1. The van der Waals surface area contributed by atoms with Crippen LogP contribution >= 0.6 is 0 Å². The van der Waals surface area contributed by atoms with Crippen molar-refractivity contribution in [2.75, 3.05) is 33.0 Å². The summed E-state index contributed by atoms with van der Waals surface area (Å²) in [5.74, 6) is 1.76. The van der Waals surface area contributed by atoms with Crippen LogP contribution in [0.4, 0.5) is 0 Å². The molecule has 0 spiro atoms. The van der Waals surface area contributed by atoms with Gasteiger partial charge in [0.1, 0.15) is 0 Å². The summed E-state index contributed by atoms with van der Waals surface area (Å²) in [4.78, 5) is 22.5. The number of hydrogen-bond donors (Lipinski definition) is 0. The van der Waals surface area contributed by atoms with Crippen LogP contribution in [-0.2, 0) is 16.4 Å². The van der Waals surface area contributed by atoms with Crippen LogP contribution in [0.2, 0.25) is 0 Å². The highest BCUT2D eigenvalue weighted by Crippen LogP contribution is 2.38. The maximum absolute atomic E-state index is 12.5. The number of methoxy groups -OCH3 is 1. The van der Waals surface area contributed by atoms with Gasteiger partial charge in [0, 0.05) is 44.2 Å². The lowest BCUT2D eigenvalue weighted by atomic mass is 10.1. The number of sulfonamides is 1. The van der Waals surface area contributed by atoms with E-state index in [2.05, 4.69) is 15.1 Å². The molecule has 0 aromatic carbocycles. The van der Waals surface area contributed by atoms with Crippen molar-refractivity contribution in [1.82, 2.24) is 24.3 Å². The first-order valence-corrected chi connectivity index (χ1v) is 11.3. The predicted molar refractivity (Wildman–Crippen MR) is 102 cm³/mol. The quantitative estimate of drug-likeness (QED) is 0.610. The molecule has 10 nitrogen and oxygen atoms in total. The van der Waals surface area contributed by atoms with Crippen molar-refractivity contribution in [1.29, 1.82) is 0 Å². The summed E-state index contributed by atoms with van der Waals surface area (Å²) >= 11 is 0. The van der Waals surface area contributed by atoms with Gasteiger partial charge in [-0.15, -0.1) is 0 Å². The monoisotopic (exact) mass is 421 g/mol. The van der Waals surface area contributed by atoms with Crippen molar-refractivity contribution in [2.45, 2.75) is 31.2 Å². The first-order chi connectivity index (χ1) is 13.8. The summed E-state index contributed by atoms with van der Waals surface area (Å²) < 4.78 is 36.2. The lowest BCUT2D eigenvalue weighted by molar-refractivity contribution is 0.0453. The third-order valence-corrected chi connectivity index (χ3v) is 6.47. The van der Waals surface area contributed by atoms with Crippen molar-refractivity contribution in [3.63, 3.8) is 0 Å². The smallest absolute Gasteiger partial charge is 0.255 e. The molecule has 0 radical (unpaired) electrons. The lowest BCUT2D eigenvalue weighted by Crippen LogP contribution is -2.62. The van der Waals surface area contributed by atoms with Crippen molar-refractivity contribution in [2.24, 2.45) is 0 Å². The number of carbonyl (C=O) groups is 1. The second-order valence-corrected chi connectivity index (χ2v) is 9.34. The Labute approximate surface area is 168 Å². The van der Waals surface area contributed by atoms with Gasteiger partial charge in [0.15, 0.2) is 5.82 Å². The average Bonchev–Trinajstić information content (AvgIpc) is 3.40. The van der Waals surface area contributed by atoms with Crippen molar-refractivity contribution in [3.05, 3.63) is 35.6 Å². The van der Waals surface area contributed by atoms with Gasteiger partial charge in [-0.3, -0.25) is 4.79 Å². The van der Waals surface area contributed by atoms with Crippen LogP contribution in [0.1, 0.15) is 40.8 Å². The predicted octanol–water partition coefficient (Wildman–Crippen LogP) is 0.679. The molecule has 0 unspecified atom stereocenters. The third-order valence-electron chi connectivity index (χ3n) is 5.14. The molecule has 1 saturated carbocycles. The molecule has 2 aromatic heterocycles. The first kappa shape index (κ1) is 19.8. The molecular formula is C18H23N5O5S. The second-order valence-electron chi connectivity index (χ2n) is 7.40. The molecule has 156 valence electrons. The zero-order valence-electron chi connectivity index (χ0n) is 16.3. The molecule has 1 saturated heterocycles. The summed E-state index contributed by atoms with van der Waals surface area (Å²) in [6, 6.07) is 2.99. The highest BCUT2D eigenvalue weighted by atomic mass is 32.2. The van der Waals surface area contributed by atoms with Gasteiger partial charge in [0.25, 0.3) is 5.91 Å². The topological polar surface area (TPSA) is 119 Å². The Morgan fingerprint density at radius 1 is 1.34 bits per heavy atom. The number of pyridine rings is 1. The zero-order chi connectivity index (χ0) is 20.6. The first-order valence-electron chi connectivity index (χ1n) is 9.44. The molecule has 1 aliphatic carbocycles. The van der Waals surface area contributed by atoms with E-state index in [-0.39, 0.29) is 18.5 Å². The molecule has 2 aliphatic rings. The minimum Gasteiger partial charge on any atom is -0.481 e. The van der Waals surface area contributed by atoms with Crippen LogP contribution in [0.5, 0.6) is 5.88 Å². The van der Waals surface area contributed by atoms with Gasteiger partial charge in [0.05, 0.1) is 25.0 Å². The molecule has 0 N–H and O–H groups in total. The number of aromatic nitrogens is 3. The number of likely N-dealkylation sites (tertiary alicyclic amines) is 1. The van der Waals surface area contributed by atoms with E-state index < -0.39 is 10.0 Å². The van der Waals surface area contributed by atoms with Crippen LogP contribution in [0, 0.1) is 0 Å². The Hall–Kier alpha value is -2.53. The fraction of sp³-hybridized carbons (Fsp3) is 0.556. The van der Waals surface area contributed by atoms with Crippen LogP contribution in [-0.4, -0.2) is 77.7 Å². The maximum Gasteiger partial charge on any atom is 0.255 e. The van der Waals surface area contributed by atoms with E-state index in [1.807, 2.05) is 0 Å². The molecule has 3 heterocycles. The Morgan fingerprint density at radius 3 is 2.69 bits per heavy atom. The Kier molecular flexibility index (Phi) is 5.26. The molecular weight excluding hydrogens is 398 g/mol. The minimum atomic E-state index is -3.43. The molecule has 2 fully saturated rings. The second kappa shape index (κ2) is 7.71. The van der Waals surface area contributed by atoms with Gasteiger partial charge in [-0.1, -0.05) is 5.16 Å². The van der Waals surface area contributed by atoms with Gasteiger partial charge in [-0.25, -0.2) is 13.4 Å². The normalized spacial score (nSPS) is 17.4. The van der Waals surface area contributed by atoms with Gasteiger partial charge in [0.2, 0.25) is 21.8 Å². The van der Waals surface area contributed by atoms with Crippen LogP contribution in [0.15, 0.2) is 22.9 Å². The molecule has 1 aliphatic heterocycles. The molecule has 4 rings (SSSR count). The summed E-state index contributed by atoms with van der Waals surface area (Å²) in [6.07, 6.45) is 5.13. The van der Waals surface area contributed by atoms with E-state index in [0.717, 1.165) is 12.8 Å². The molecule has 2 aromatic rings. The number of rotatable bonds is 8. The zero-order valence-corrected chi connectivity index (χ0v) is 17.1. The molecule has 0 bridgehead atoms. The minimum absolute atomic E-state index is 0.183. The molecule has 1 amide bonds. The van der Waals surface area contributed by atoms with Crippen LogP contribution in [0.3, 0.4) is 0 Å². The van der Waals surface area contributed by atoms with Gasteiger partial charge >= 0.3 is 0 Å². The Morgan fingerprint density at radius 2 is 2.10 bits per heavy atom. The van der Waals surface area contributed by atoms with E-state index in [1.54, 1.807) is 17.0 Å². The Bertz CT molecular complexity index is 980.